The van der Waals surface area contributed by atoms with Crippen LogP contribution in [0.3, 0.4) is 0 Å². The largest absolute Gasteiger partial charge is 0.389 e. The average Bonchev–Trinajstić information content (AvgIpc) is 2.39. The lowest BCUT2D eigenvalue weighted by atomic mass is 10.0. The Hall–Kier alpha value is -1.20. The van der Waals surface area contributed by atoms with E-state index >= 15 is 0 Å². The van der Waals surface area contributed by atoms with E-state index in [1.807, 2.05) is 25.1 Å². The lowest BCUT2D eigenvalue weighted by molar-refractivity contribution is 0.0202. The zero-order valence-corrected chi connectivity index (χ0v) is 11.6. The van der Waals surface area contributed by atoms with Crippen molar-refractivity contribution in [2.24, 2.45) is 0 Å². The van der Waals surface area contributed by atoms with Crippen molar-refractivity contribution in [3.8, 4) is 0 Å². The maximum Gasteiger partial charge on any atom is 0.135 e. The number of hydrogen-bond donors (Lipinski definition) is 3. The topological polar surface area (TPSA) is 65.4 Å². The second-order valence-corrected chi connectivity index (χ2v) is 4.94. The minimum absolute atomic E-state index is 0.226. The first-order valence-electron chi connectivity index (χ1n) is 6.11. The summed E-state index contributed by atoms with van der Waals surface area (Å²) in [6, 6.07) is 7.57. The average molecular weight is 281 g/mol. The van der Waals surface area contributed by atoms with Gasteiger partial charge in [0.05, 0.1) is 11.6 Å². The Bertz CT molecular complexity index is 589. The number of aromatic nitrogens is 1. The zero-order chi connectivity index (χ0) is 14.0. The number of fused-ring (bicyclic) bond motifs is 1. The first kappa shape index (κ1) is 14.2. The molecule has 0 spiro atoms. The van der Waals surface area contributed by atoms with Crippen LogP contribution in [-0.4, -0.2) is 34.9 Å². The summed E-state index contributed by atoms with van der Waals surface area (Å²) in [6.07, 6.45) is -1.98. The third-order valence-electron chi connectivity index (χ3n) is 3.12. The first-order valence-corrected chi connectivity index (χ1v) is 6.49. The van der Waals surface area contributed by atoms with Gasteiger partial charge in [-0.25, -0.2) is 4.98 Å². The van der Waals surface area contributed by atoms with Crippen LogP contribution in [0.2, 0.25) is 5.15 Å². The smallest absolute Gasteiger partial charge is 0.135 e. The van der Waals surface area contributed by atoms with Crippen molar-refractivity contribution in [2.45, 2.75) is 19.1 Å². The SMILES string of the molecule is CNCC(O)C(O)c1cc2cccc(C)c2nc1Cl. The molecule has 0 amide bonds. The molecule has 0 radical (unpaired) electrons. The number of aryl methyl sites for hydroxylation is 1. The van der Waals surface area contributed by atoms with E-state index in [0.717, 1.165) is 16.5 Å². The molecule has 19 heavy (non-hydrogen) atoms. The molecule has 0 saturated carbocycles. The fourth-order valence-electron chi connectivity index (χ4n) is 2.08. The summed E-state index contributed by atoms with van der Waals surface area (Å²) in [4.78, 5) is 4.31. The van der Waals surface area contributed by atoms with E-state index in [2.05, 4.69) is 10.3 Å². The molecule has 0 saturated heterocycles. The molecule has 2 aromatic rings. The maximum absolute atomic E-state index is 10.1. The number of rotatable bonds is 4. The summed E-state index contributed by atoms with van der Waals surface area (Å²) >= 11 is 6.11. The second kappa shape index (κ2) is 5.84. The van der Waals surface area contributed by atoms with E-state index in [1.54, 1.807) is 13.1 Å². The summed E-state index contributed by atoms with van der Waals surface area (Å²) in [5, 5.41) is 23.9. The minimum atomic E-state index is -1.06. The van der Waals surface area contributed by atoms with Gasteiger partial charge in [-0.1, -0.05) is 29.8 Å². The number of pyridine rings is 1. The minimum Gasteiger partial charge on any atom is -0.389 e. The van der Waals surface area contributed by atoms with Crippen LogP contribution >= 0.6 is 11.6 Å². The van der Waals surface area contributed by atoms with Crippen LogP contribution < -0.4 is 5.32 Å². The summed E-state index contributed by atoms with van der Waals surface area (Å²) in [7, 11) is 1.71. The molecular formula is C14H17ClN2O2. The molecule has 1 heterocycles. The fraction of sp³-hybridized carbons (Fsp3) is 0.357. The van der Waals surface area contributed by atoms with E-state index in [1.165, 1.54) is 0 Å². The van der Waals surface area contributed by atoms with Gasteiger partial charge in [0.2, 0.25) is 0 Å². The number of nitrogens with zero attached hydrogens (tertiary/aromatic N) is 1. The molecule has 0 aliphatic rings. The fourth-order valence-corrected chi connectivity index (χ4v) is 2.33. The van der Waals surface area contributed by atoms with Crippen LogP contribution in [0.5, 0.6) is 0 Å². The second-order valence-electron chi connectivity index (χ2n) is 4.58. The van der Waals surface area contributed by atoms with Crippen molar-refractivity contribution < 1.29 is 10.2 Å². The third kappa shape index (κ3) is 2.87. The number of halogens is 1. The van der Waals surface area contributed by atoms with Gasteiger partial charge in [-0.15, -0.1) is 0 Å². The molecule has 2 unspecified atom stereocenters. The van der Waals surface area contributed by atoms with E-state index in [0.29, 0.717) is 5.56 Å². The number of para-hydroxylation sites is 1. The highest BCUT2D eigenvalue weighted by Gasteiger charge is 2.21. The normalized spacial score (nSPS) is 14.6. The van der Waals surface area contributed by atoms with E-state index in [9.17, 15) is 10.2 Å². The molecule has 1 aromatic heterocycles. The molecule has 0 bridgehead atoms. The van der Waals surface area contributed by atoms with Crippen molar-refractivity contribution >= 4 is 22.5 Å². The van der Waals surface area contributed by atoms with Gasteiger partial charge in [0, 0.05) is 17.5 Å². The number of nitrogens with one attached hydrogen (secondary N) is 1. The van der Waals surface area contributed by atoms with Crippen LogP contribution in [0.15, 0.2) is 24.3 Å². The Balaban J connectivity index is 2.47. The van der Waals surface area contributed by atoms with Crippen LogP contribution in [0.4, 0.5) is 0 Å². The van der Waals surface area contributed by atoms with Crippen LogP contribution in [0, 0.1) is 6.92 Å². The Morgan fingerprint density at radius 2 is 2.11 bits per heavy atom. The number of aliphatic hydroxyl groups excluding tert-OH is 2. The highest BCUT2D eigenvalue weighted by molar-refractivity contribution is 6.30. The molecule has 5 heteroatoms. The zero-order valence-electron chi connectivity index (χ0n) is 10.9. The van der Waals surface area contributed by atoms with E-state index < -0.39 is 12.2 Å². The predicted molar refractivity (Wildman–Crippen MR) is 76.4 cm³/mol. The molecule has 4 nitrogen and oxygen atoms in total. The van der Waals surface area contributed by atoms with Crippen molar-refractivity contribution in [1.29, 1.82) is 0 Å². The van der Waals surface area contributed by atoms with E-state index in [-0.39, 0.29) is 11.7 Å². The van der Waals surface area contributed by atoms with Crippen molar-refractivity contribution in [2.75, 3.05) is 13.6 Å². The van der Waals surface area contributed by atoms with Crippen molar-refractivity contribution in [3.05, 3.63) is 40.5 Å². The van der Waals surface area contributed by atoms with E-state index in [4.69, 9.17) is 11.6 Å². The Labute approximate surface area is 117 Å². The Morgan fingerprint density at radius 1 is 1.37 bits per heavy atom. The summed E-state index contributed by atoms with van der Waals surface area (Å²) in [5.74, 6) is 0. The number of likely N-dealkylation sites (N-methyl/N-ethyl adjacent to an activating group) is 1. The van der Waals surface area contributed by atoms with Gasteiger partial charge in [0.15, 0.2) is 0 Å². The molecule has 0 aliphatic carbocycles. The Kier molecular flexibility index (Phi) is 4.37. The van der Waals surface area contributed by atoms with Gasteiger partial charge >= 0.3 is 0 Å². The third-order valence-corrected chi connectivity index (χ3v) is 3.43. The molecule has 2 atom stereocenters. The van der Waals surface area contributed by atoms with Gasteiger partial charge in [0.25, 0.3) is 0 Å². The lowest BCUT2D eigenvalue weighted by Crippen LogP contribution is -2.29. The summed E-state index contributed by atoms with van der Waals surface area (Å²) < 4.78 is 0. The van der Waals surface area contributed by atoms with Gasteiger partial charge in [-0.05, 0) is 25.6 Å². The number of benzene rings is 1. The molecule has 2 rings (SSSR count). The van der Waals surface area contributed by atoms with Crippen LogP contribution in [0.1, 0.15) is 17.2 Å². The molecule has 102 valence electrons. The summed E-state index contributed by atoms with van der Waals surface area (Å²) in [6.45, 7) is 2.24. The van der Waals surface area contributed by atoms with Crippen molar-refractivity contribution in [1.82, 2.24) is 10.3 Å². The molecule has 1 aromatic carbocycles. The van der Waals surface area contributed by atoms with Gasteiger partial charge in [0.1, 0.15) is 11.3 Å². The van der Waals surface area contributed by atoms with Gasteiger partial charge in [-0.2, -0.15) is 0 Å². The Morgan fingerprint density at radius 3 is 2.79 bits per heavy atom. The predicted octanol–water partition coefficient (Wildman–Crippen LogP) is 1.81. The summed E-state index contributed by atoms with van der Waals surface area (Å²) in [5.41, 5.74) is 2.28. The molecule has 3 N–H and O–H groups in total. The highest BCUT2D eigenvalue weighted by Crippen LogP contribution is 2.28. The number of aliphatic hydroxyl groups is 2. The quantitative estimate of drug-likeness (QED) is 0.748. The van der Waals surface area contributed by atoms with Crippen LogP contribution in [-0.2, 0) is 0 Å². The monoisotopic (exact) mass is 280 g/mol. The van der Waals surface area contributed by atoms with Crippen molar-refractivity contribution in [3.63, 3.8) is 0 Å². The van der Waals surface area contributed by atoms with Gasteiger partial charge in [-0.3, -0.25) is 0 Å². The number of hydrogen-bond acceptors (Lipinski definition) is 4. The van der Waals surface area contributed by atoms with Gasteiger partial charge < -0.3 is 15.5 Å². The molecule has 0 aliphatic heterocycles. The van der Waals surface area contributed by atoms with Crippen LogP contribution in [0.25, 0.3) is 10.9 Å². The highest BCUT2D eigenvalue weighted by atomic mass is 35.5. The maximum atomic E-state index is 10.1. The standard InChI is InChI=1S/C14H17ClN2O2/c1-8-4-3-5-9-6-10(14(15)17-12(8)9)13(19)11(18)7-16-2/h3-6,11,13,16,18-19H,7H2,1-2H3. The lowest BCUT2D eigenvalue weighted by Gasteiger charge is -2.19. The molecule has 0 fully saturated rings. The molecular weight excluding hydrogens is 264 g/mol. The first-order chi connectivity index (χ1) is 9.04.